The van der Waals surface area contributed by atoms with E-state index in [0.717, 1.165) is 57.8 Å². The molecule has 6 heteroatoms. The molecule has 0 bridgehead atoms. The van der Waals surface area contributed by atoms with Crippen molar-refractivity contribution in [2.75, 3.05) is 6.61 Å². The molecule has 0 aliphatic rings. The summed E-state index contributed by atoms with van der Waals surface area (Å²) >= 11 is 0. The molecule has 0 rings (SSSR count). The number of aliphatic hydroxyl groups is 2. The lowest BCUT2D eigenvalue weighted by atomic mass is 10.0. The molecule has 0 heterocycles. The second-order valence-corrected chi connectivity index (χ2v) is 16.2. The van der Waals surface area contributed by atoms with E-state index in [-0.39, 0.29) is 24.9 Å². The fourth-order valence-corrected chi connectivity index (χ4v) is 6.98. The highest BCUT2D eigenvalue weighted by molar-refractivity contribution is 5.78. The van der Waals surface area contributed by atoms with E-state index in [0.29, 0.717) is 19.3 Å². The van der Waals surface area contributed by atoms with Crippen LogP contribution in [-0.2, 0) is 14.3 Å². The summed E-state index contributed by atoms with van der Waals surface area (Å²) in [4.78, 5) is 26.0. The third-order valence-corrected chi connectivity index (χ3v) is 10.6. The Hall–Kier alpha value is -2.44. The van der Waals surface area contributed by atoms with Crippen LogP contribution in [-0.4, -0.2) is 46.9 Å². The number of carbonyl (C=O) groups is 2. The van der Waals surface area contributed by atoms with E-state index in [2.05, 4.69) is 74.7 Å². The first-order chi connectivity index (χ1) is 28.0. The van der Waals surface area contributed by atoms with Crippen LogP contribution < -0.4 is 5.32 Å². The first kappa shape index (κ1) is 54.6. The molecule has 1 amide bonds. The number of hydrogen-bond acceptors (Lipinski definition) is 5. The Morgan fingerprint density at radius 2 is 1.05 bits per heavy atom. The molecule has 330 valence electrons. The van der Waals surface area contributed by atoms with Gasteiger partial charge in [0.15, 0.2) is 0 Å². The molecule has 0 saturated heterocycles. The maximum atomic E-state index is 13.1. The number of rotatable bonds is 42. The van der Waals surface area contributed by atoms with E-state index in [9.17, 15) is 19.8 Å². The summed E-state index contributed by atoms with van der Waals surface area (Å²) in [5.74, 6) is -0.618. The van der Waals surface area contributed by atoms with Crippen LogP contribution in [0, 0.1) is 0 Å². The average Bonchev–Trinajstić information content (AvgIpc) is 3.20. The van der Waals surface area contributed by atoms with Gasteiger partial charge in [-0.15, -0.1) is 0 Å². The van der Waals surface area contributed by atoms with E-state index in [1.54, 1.807) is 0 Å². The van der Waals surface area contributed by atoms with Gasteiger partial charge in [-0.2, -0.15) is 0 Å². The van der Waals surface area contributed by atoms with Gasteiger partial charge in [0.2, 0.25) is 5.91 Å². The Balaban J connectivity index is 4.66. The molecule has 0 aliphatic heterocycles. The first-order valence-electron chi connectivity index (χ1n) is 24.1. The highest BCUT2D eigenvalue weighted by Crippen LogP contribution is 2.16. The lowest BCUT2D eigenvalue weighted by molar-refractivity contribution is -0.148. The average molecular weight is 798 g/mol. The van der Waals surface area contributed by atoms with Crippen LogP contribution in [0.15, 0.2) is 60.8 Å². The number of unbranched alkanes of at least 4 members (excludes halogenated alkanes) is 24. The summed E-state index contributed by atoms with van der Waals surface area (Å²) in [7, 11) is 0. The molecule has 0 saturated carbocycles. The smallest absolute Gasteiger partial charge is 0.306 e. The predicted molar refractivity (Wildman–Crippen MR) is 245 cm³/mol. The summed E-state index contributed by atoms with van der Waals surface area (Å²) in [6, 6.07) is -0.734. The van der Waals surface area contributed by atoms with E-state index in [1.165, 1.54) is 122 Å². The molecule has 6 nitrogen and oxygen atoms in total. The monoisotopic (exact) mass is 798 g/mol. The third kappa shape index (κ3) is 40.1. The highest BCUT2D eigenvalue weighted by Gasteiger charge is 2.23. The van der Waals surface area contributed by atoms with Crippen molar-refractivity contribution in [3.63, 3.8) is 0 Å². The van der Waals surface area contributed by atoms with Crippen LogP contribution in [0.3, 0.4) is 0 Å². The minimum atomic E-state index is -0.812. The molecule has 0 spiro atoms. The van der Waals surface area contributed by atoms with Crippen LogP contribution in [0.2, 0.25) is 0 Å². The zero-order valence-corrected chi connectivity index (χ0v) is 37.5. The second kappa shape index (κ2) is 44.7. The van der Waals surface area contributed by atoms with Crippen LogP contribution >= 0.6 is 0 Å². The zero-order chi connectivity index (χ0) is 41.7. The van der Waals surface area contributed by atoms with Gasteiger partial charge in [-0.25, -0.2) is 0 Å². The lowest BCUT2D eigenvalue weighted by Gasteiger charge is -2.23. The first-order valence-corrected chi connectivity index (χ1v) is 24.1. The Kier molecular flexibility index (Phi) is 42.7. The fraction of sp³-hybridized carbons (Fsp3) is 0.765. The molecular formula is C51H91NO5. The van der Waals surface area contributed by atoms with Gasteiger partial charge in [0.1, 0.15) is 6.10 Å². The normalized spacial score (nSPS) is 13.8. The number of amides is 1. The largest absolute Gasteiger partial charge is 0.458 e. The number of nitrogens with one attached hydrogen (secondary N) is 1. The Labute approximate surface area is 352 Å². The van der Waals surface area contributed by atoms with Crippen molar-refractivity contribution in [3.05, 3.63) is 60.8 Å². The van der Waals surface area contributed by atoms with Crippen molar-refractivity contribution in [1.29, 1.82) is 0 Å². The topological polar surface area (TPSA) is 95.9 Å². The molecule has 3 unspecified atom stereocenters. The van der Waals surface area contributed by atoms with Crippen LogP contribution in [0.5, 0.6) is 0 Å². The van der Waals surface area contributed by atoms with Crippen molar-refractivity contribution in [2.45, 2.75) is 244 Å². The van der Waals surface area contributed by atoms with Crippen molar-refractivity contribution in [1.82, 2.24) is 5.32 Å². The van der Waals surface area contributed by atoms with Gasteiger partial charge in [0.05, 0.1) is 25.2 Å². The number of carbonyl (C=O) groups excluding carboxylic acids is 2. The number of esters is 1. The molecule has 0 aromatic heterocycles. The number of aliphatic hydroxyl groups excluding tert-OH is 2. The minimum Gasteiger partial charge on any atom is -0.458 e. The summed E-state index contributed by atoms with van der Waals surface area (Å²) in [5.41, 5.74) is 0. The van der Waals surface area contributed by atoms with Crippen LogP contribution in [0.1, 0.15) is 226 Å². The van der Waals surface area contributed by atoms with Gasteiger partial charge < -0.3 is 20.3 Å². The molecular weight excluding hydrogens is 707 g/mol. The number of allylic oxidation sites excluding steroid dienone is 9. The molecule has 0 radical (unpaired) electrons. The summed E-state index contributed by atoms with van der Waals surface area (Å²) < 4.78 is 5.81. The molecule has 3 atom stereocenters. The van der Waals surface area contributed by atoms with E-state index >= 15 is 0 Å². The summed E-state index contributed by atoms with van der Waals surface area (Å²) in [6.07, 6.45) is 54.5. The standard InChI is InChI=1S/C51H91NO5/c1-4-7-10-13-16-19-22-24-25-26-29-32-35-38-41-44-51(56)57-47(42-39-36-33-30-27-21-18-15-12-9-6-3)45-50(55)52-48(46-53)49(54)43-40-37-34-31-28-23-20-17-14-11-8-5-2/h7,10,13,16,19,22,30,33,39,42,47-49,53-54H,4-6,8-9,11-12,14-15,17-18,20-21,23-29,31-32,34-38,40-41,43-46H2,1-3H3,(H,52,55)/b10-7+,16-13+,22-19+,33-30-,42-39+. The Bertz CT molecular complexity index is 1030. The van der Waals surface area contributed by atoms with Gasteiger partial charge in [-0.1, -0.05) is 217 Å². The van der Waals surface area contributed by atoms with Gasteiger partial charge in [0, 0.05) is 6.42 Å². The van der Waals surface area contributed by atoms with E-state index in [4.69, 9.17) is 4.74 Å². The van der Waals surface area contributed by atoms with Crippen molar-refractivity contribution < 1.29 is 24.5 Å². The number of ether oxygens (including phenoxy) is 1. The maximum absolute atomic E-state index is 13.1. The van der Waals surface area contributed by atoms with Crippen LogP contribution in [0.25, 0.3) is 0 Å². The third-order valence-electron chi connectivity index (χ3n) is 10.6. The van der Waals surface area contributed by atoms with Crippen molar-refractivity contribution >= 4 is 11.9 Å². The summed E-state index contributed by atoms with van der Waals surface area (Å²) in [5, 5.41) is 23.6. The Morgan fingerprint density at radius 1 is 0.561 bits per heavy atom. The van der Waals surface area contributed by atoms with Gasteiger partial charge in [-0.05, 0) is 57.4 Å². The van der Waals surface area contributed by atoms with Crippen LogP contribution in [0.4, 0.5) is 0 Å². The predicted octanol–water partition coefficient (Wildman–Crippen LogP) is 14.1. The fourth-order valence-electron chi connectivity index (χ4n) is 6.98. The summed E-state index contributed by atoms with van der Waals surface area (Å²) in [6.45, 7) is 6.30. The molecule has 0 aliphatic carbocycles. The van der Waals surface area contributed by atoms with Crippen molar-refractivity contribution in [3.8, 4) is 0 Å². The molecule has 3 N–H and O–H groups in total. The van der Waals surface area contributed by atoms with Gasteiger partial charge in [0.25, 0.3) is 0 Å². The van der Waals surface area contributed by atoms with Crippen molar-refractivity contribution in [2.24, 2.45) is 0 Å². The lowest BCUT2D eigenvalue weighted by Crippen LogP contribution is -2.46. The molecule has 0 aromatic rings. The van der Waals surface area contributed by atoms with Gasteiger partial charge in [-0.3, -0.25) is 9.59 Å². The minimum absolute atomic E-state index is 0.0348. The highest BCUT2D eigenvalue weighted by atomic mass is 16.5. The molecule has 0 fully saturated rings. The Morgan fingerprint density at radius 3 is 1.60 bits per heavy atom. The second-order valence-electron chi connectivity index (χ2n) is 16.2. The maximum Gasteiger partial charge on any atom is 0.306 e. The van der Waals surface area contributed by atoms with E-state index < -0.39 is 18.2 Å². The number of hydrogen-bond donors (Lipinski definition) is 3. The zero-order valence-electron chi connectivity index (χ0n) is 37.5. The SMILES string of the molecule is CC/C=C/C=C/C=C/CCCCCCCCCC(=O)OC(/C=C/C/C=C\CCCCCCCC)CC(=O)NC(CO)C(O)CCCCCCCCCCCCCC. The quantitative estimate of drug-likeness (QED) is 0.0247. The van der Waals surface area contributed by atoms with E-state index in [1.807, 2.05) is 12.2 Å². The molecule has 0 aromatic carbocycles. The molecule has 57 heavy (non-hydrogen) atoms. The van der Waals surface area contributed by atoms with Gasteiger partial charge >= 0.3 is 5.97 Å².